The second kappa shape index (κ2) is 7.15. The maximum Gasteiger partial charge on any atom is 0.0167 e. The molecule has 3 aromatic carbocycles. The van der Waals surface area contributed by atoms with E-state index in [1.165, 1.54) is 38.6 Å². The van der Waals surface area contributed by atoms with Gasteiger partial charge >= 0.3 is 0 Å². The van der Waals surface area contributed by atoms with Crippen LogP contribution >= 0.6 is 0 Å². The van der Waals surface area contributed by atoms with Crippen LogP contribution in [0.2, 0.25) is 0 Å². The van der Waals surface area contributed by atoms with Crippen LogP contribution in [0.5, 0.6) is 0 Å². The standard InChI is InChI=1S/C28H26N.Ir/c1-27(2,3)20-13-10-19(11-14-20)26-25-23(16-17-29-26)22-15-12-18-8-6-7-9-21(18)24(22)28(25,4)5;/h6-10,12-17H,1-5H3;/q-1;. The molecule has 0 spiro atoms. The van der Waals surface area contributed by atoms with E-state index in [1.54, 1.807) is 0 Å². The predicted octanol–water partition coefficient (Wildman–Crippen LogP) is 7.30. The Morgan fingerprint density at radius 3 is 2.27 bits per heavy atom. The van der Waals surface area contributed by atoms with Gasteiger partial charge in [-0.1, -0.05) is 71.0 Å². The van der Waals surface area contributed by atoms with Crippen LogP contribution in [0.4, 0.5) is 0 Å². The number of hydrogen-bond donors (Lipinski definition) is 0. The van der Waals surface area contributed by atoms with E-state index in [-0.39, 0.29) is 30.9 Å². The van der Waals surface area contributed by atoms with Crippen LogP contribution in [0.1, 0.15) is 51.3 Å². The van der Waals surface area contributed by atoms with E-state index in [9.17, 15) is 0 Å². The molecule has 0 amide bonds. The molecule has 0 fully saturated rings. The molecule has 153 valence electrons. The van der Waals surface area contributed by atoms with Crippen LogP contribution < -0.4 is 0 Å². The Kier molecular flexibility index (Phi) is 5.00. The first-order valence-corrected chi connectivity index (χ1v) is 10.3. The molecule has 1 radical (unpaired) electrons. The van der Waals surface area contributed by atoms with Gasteiger partial charge in [-0.2, -0.15) is 0 Å². The molecular formula is C28H26IrN-. The molecule has 1 heterocycles. The molecule has 0 N–H and O–H groups in total. The van der Waals surface area contributed by atoms with Crippen LogP contribution in [0.3, 0.4) is 0 Å². The van der Waals surface area contributed by atoms with E-state index in [2.05, 4.69) is 101 Å². The number of hydrogen-bond acceptors (Lipinski definition) is 1. The summed E-state index contributed by atoms with van der Waals surface area (Å²) in [6, 6.07) is 25.4. The minimum Gasteiger partial charge on any atom is -0.304 e. The van der Waals surface area contributed by atoms with Gasteiger partial charge in [-0.15, -0.1) is 35.4 Å². The molecule has 0 bridgehead atoms. The zero-order valence-electron chi connectivity index (χ0n) is 18.1. The molecule has 0 unspecified atom stereocenters. The third kappa shape index (κ3) is 3.06. The summed E-state index contributed by atoms with van der Waals surface area (Å²) in [6.45, 7) is 11.4. The first kappa shape index (κ1) is 21.0. The van der Waals surface area contributed by atoms with Crippen molar-refractivity contribution in [1.82, 2.24) is 4.98 Å². The minimum atomic E-state index is -0.119. The third-order valence-corrected chi connectivity index (χ3v) is 6.35. The van der Waals surface area contributed by atoms with Gasteiger partial charge in [0.15, 0.2) is 0 Å². The first-order valence-electron chi connectivity index (χ1n) is 10.3. The summed E-state index contributed by atoms with van der Waals surface area (Å²) in [7, 11) is 0. The zero-order chi connectivity index (χ0) is 20.4. The van der Waals surface area contributed by atoms with Gasteiger partial charge in [0, 0.05) is 31.7 Å². The summed E-state index contributed by atoms with van der Waals surface area (Å²) in [5, 5.41) is 2.63. The van der Waals surface area contributed by atoms with Crippen molar-refractivity contribution < 1.29 is 20.1 Å². The number of rotatable bonds is 1. The average Bonchev–Trinajstić information content (AvgIpc) is 2.95. The van der Waals surface area contributed by atoms with Gasteiger partial charge in [-0.3, -0.25) is 0 Å². The van der Waals surface area contributed by atoms with E-state index in [1.807, 2.05) is 6.20 Å². The second-order valence-electron chi connectivity index (χ2n) is 9.66. The molecule has 0 saturated heterocycles. The number of benzene rings is 3. The van der Waals surface area contributed by atoms with E-state index in [0.29, 0.717) is 0 Å². The Labute approximate surface area is 192 Å². The van der Waals surface area contributed by atoms with Gasteiger partial charge in [0.1, 0.15) is 0 Å². The number of fused-ring (bicyclic) bond motifs is 5. The van der Waals surface area contributed by atoms with Crippen LogP contribution in [0, 0.1) is 6.07 Å². The van der Waals surface area contributed by atoms with Gasteiger partial charge in [0.05, 0.1) is 0 Å². The van der Waals surface area contributed by atoms with Gasteiger partial charge in [0.2, 0.25) is 0 Å². The molecule has 5 rings (SSSR count). The van der Waals surface area contributed by atoms with Crippen molar-refractivity contribution in [3.05, 3.63) is 89.6 Å². The first-order chi connectivity index (χ1) is 13.8. The number of aromatic nitrogens is 1. The van der Waals surface area contributed by atoms with Crippen molar-refractivity contribution in [2.45, 2.75) is 45.4 Å². The summed E-state index contributed by atoms with van der Waals surface area (Å²) in [4.78, 5) is 4.84. The molecule has 0 atom stereocenters. The molecule has 0 saturated carbocycles. The van der Waals surface area contributed by atoms with Crippen molar-refractivity contribution in [2.75, 3.05) is 0 Å². The van der Waals surface area contributed by atoms with Gasteiger partial charge in [0.25, 0.3) is 0 Å². The summed E-state index contributed by atoms with van der Waals surface area (Å²) >= 11 is 0. The van der Waals surface area contributed by atoms with Gasteiger partial charge < -0.3 is 4.98 Å². The Bertz CT molecular complexity index is 1240. The quantitative estimate of drug-likeness (QED) is 0.220. The van der Waals surface area contributed by atoms with Gasteiger partial charge in [-0.05, 0) is 50.2 Å². The molecule has 1 nitrogen and oxygen atoms in total. The SMILES string of the molecule is CC(C)(C)c1c[c-]c(-c2nccc3c2C(C)(C)c2c-3ccc3ccccc23)cc1.[Ir]. The van der Waals surface area contributed by atoms with Crippen molar-refractivity contribution in [3.63, 3.8) is 0 Å². The fourth-order valence-corrected chi connectivity index (χ4v) is 4.86. The third-order valence-electron chi connectivity index (χ3n) is 6.35. The molecule has 30 heavy (non-hydrogen) atoms. The summed E-state index contributed by atoms with van der Waals surface area (Å²) in [5.74, 6) is 0. The fourth-order valence-electron chi connectivity index (χ4n) is 4.86. The van der Waals surface area contributed by atoms with Crippen molar-refractivity contribution in [1.29, 1.82) is 0 Å². The summed E-state index contributed by atoms with van der Waals surface area (Å²) < 4.78 is 0. The molecular weight excluding hydrogens is 543 g/mol. The maximum atomic E-state index is 4.84. The molecule has 1 aliphatic rings. The van der Waals surface area contributed by atoms with E-state index >= 15 is 0 Å². The minimum absolute atomic E-state index is 0. The van der Waals surface area contributed by atoms with Crippen LogP contribution in [0.25, 0.3) is 33.2 Å². The second-order valence-corrected chi connectivity index (χ2v) is 9.66. The molecule has 4 aromatic rings. The van der Waals surface area contributed by atoms with Crippen molar-refractivity contribution >= 4 is 10.8 Å². The summed E-state index contributed by atoms with van der Waals surface area (Å²) in [6.07, 6.45) is 1.94. The Balaban J connectivity index is 0.00000218. The van der Waals surface area contributed by atoms with Crippen molar-refractivity contribution in [3.8, 4) is 22.4 Å². The topological polar surface area (TPSA) is 12.9 Å². The van der Waals surface area contributed by atoms with Gasteiger partial charge in [-0.25, -0.2) is 0 Å². The fraction of sp³-hybridized carbons (Fsp3) is 0.250. The zero-order valence-corrected chi connectivity index (χ0v) is 20.5. The van der Waals surface area contributed by atoms with E-state index < -0.39 is 0 Å². The Hall–Kier alpha value is -2.28. The Morgan fingerprint density at radius 2 is 1.57 bits per heavy atom. The van der Waals surface area contributed by atoms with E-state index in [0.717, 1.165) is 11.3 Å². The van der Waals surface area contributed by atoms with Crippen LogP contribution in [0.15, 0.2) is 66.9 Å². The van der Waals surface area contributed by atoms with E-state index in [4.69, 9.17) is 4.98 Å². The number of nitrogens with zero attached hydrogens (tertiary/aromatic N) is 1. The average molecular weight is 569 g/mol. The largest absolute Gasteiger partial charge is 0.304 e. The normalized spacial score (nSPS) is 14.2. The van der Waals surface area contributed by atoms with Crippen LogP contribution in [-0.2, 0) is 30.9 Å². The van der Waals surface area contributed by atoms with Crippen LogP contribution in [-0.4, -0.2) is 4.98 Å². The molecule has 0 aliphatic heterocycles. The summed E-state index contributed by atoms with van der Waals surface area (Å²) in [5.41, 5.74) is 8.77. The smallest absolute Gasteiger partial charge is 0.0167 e. The van der Waals surface area contributed by atoms with Crippen molar-refractivity contribution in [2.24, 2.45) is 0 Å². The molecule has 2 heteroatoms. The molecule has 1 aromatic heterocycles. The number of pyridine rings is 1. The molecule has 1 aliphatic carbocycles. The Morgan fingerprint density at radius 1 is 0.833 bits per heavy atom. The monoisotopic (exact) mass is 569 g/mol. The predicted molar refractivity (Wildman–Crippen MR) is 122 cm³/mol. The maximum absolute atomic E-state index is 4.84.